The second kappa shape index (κ2) is 3.93. The summed E-state index contributed by atoms with van der Waals surface area (Å²) in [5.41, 5.74) is 0. The Bertz CT molecular complexity index is 149. The van der Waals surface area contributed by atoms with Crippen molar-refractivity contribution >= 4 is 17.6 Å². The van der Waals surface area contributed by atoms with Crippen LogP contribution in [0.2, 0.25) is 0 Å². The van der Waals surface area contributed by atoms with Crippen molar-refractivity contribution < 1.29 is 14.3 Å². The van der Waals surface area contributed by atoms with Gasteiger partial charge in [-0.05, 0) is 6.42 Å². The first-order chi connectivity index (χ1) is 5.20. The zero-order valence-corrected chi connectivity index (χ0v) is 7.13. The van der Waals surface area contributed by atoms with Crippen LogP contribution in [0.1, 0.15) is 13.3 Å². The lowest BCUT2D eigenvalue weighted by atomic mass is 10.1. The summed E-state index contributed by atoms with van der Waals surface area (Å²) in [4.78, 5) is 10.5. The van der Waals surface area contributed by atoms with E-state index in [1.807, 2.05) is 0 Å². The minimum absolute atomic E-state index is 0.0901. The average Bonchev–Trinajstić information content (AvgIpc) is 1.93. The Morgan fingerprint density at radius 2 is 2.45 bits per heavy atom. The van der Waals surface area contributed by atoms with Gasteiger partial charge in [0, 0.05) is 13.5 Å². The van der Waals surface area contributed by atoms with E-state index in [9.17, 15) is 4.79 Å². The molecule has 64 valence electrons. The highest BCUT2D eigenvalue weighted by Gasteiger charge is 2.25. The average molecular weight is 179 g/mol. The van der Waals surface area contributed by atoms with Crippen molar-refractivity contribution in [1.82, 2.24) is 0 Å². The molecule has 1 fully saturated rings. The molecule has 0 amide bonds. The fourth-order valence-corrected chi connectivity index (χ4v) is 1.22. The number of ether oxygens (including phenoxy) is 2. The van der Waals surface area contributed by atoms with Gasteiger partial charge in [0.1, 0.15) is 6.10 Å². The molecule has 0 unspecified atom stereocenters. The quantitative estimate of drug-likeness (QED) is 0.443. The molecule has 0 saturated carbocycles. The summed E-state index contributed by atoms with van der Waals surface area (Å²) in [6, 6.07) is 0. The second-order valence-electron chi connectivity index (χ2n) is 2.53. The SMILES string of the molecule is CC(=O)O[C@@H]1COCC[C@H]1Cl. The number of hydrogen-bond acceptors (Lipinski definition) is 3. The third kappa shape index (κ3) is 2.67. The molecule has 0 N–H and O–H groups in total. The molecule has 1 heterocycles. The Hall–Kier alpha value is -0.280. The standard InChI is InChI=1S/C7H11ClO3/c1-5(9)11-7-4-10-3-2-6(7)8/h6-7H,2-4H2,1H3/t6-,7-/m1/s1. The van der Waals surface area contributed by atoms with Crippen LogP contribution in [0.15, 0.2) is 0 Å². The smallest absolute Gasteiger partial charge is 0.303 e. The van der Waals surface area contributed by atoms with E-state index in [0.29, 0.717) is 13.2 Å². The Kier molecular flexibility index (Phi) is 3.15. The van der Waals surface area contributed by atoms with E-state index >= 15 is 0 Å². The number of carbonyl (C=O) groups excluding carboxylic acids is 1. The summed E-state index contributed by atoms with van der Waals surface area (Å²) >= 11 is 5.87. The van der Waals surface area contributed by atoms with E-state index in [1.165, 1.54) is 6.92 Å². The molecule has 0 aromatic heterocycles. The van der Waals surface area contributed by atoms with Crippen LogP contribution in [0, 0.1) is 0 Å². The molecule has 0 aromatic carbocycles. The van der Waals surface area contributed by atoms with Crippen LogP contribution in [0.25, 0.3) is 0 Å². The van der Waals surface area contributed by atoms with Gasteiger partial charge in [-0.15, -0.1) is 11.6 Å². The normalized spacial score (nSPS) is 31.5. The Balaban J connectivity index is 2.35. The highest BCUT2D eigenvalue weighted by molar-refractivity contribution is 6.21. The van der Waals surface area contributed by atoms with E-state index in [-0.39, 0.29) is 17.5 Å². The van der Waals surface area contributed by atoms with Gasteiger partial charge in [0.25, 0.3) is 0 Å². The van der Waals surface area contributed by atoms with Gasteiger partial charge in [0.15, 0.2) is 0 Å². The summed E-state index contributed by atoms with van der Waals surface area (Å²) in [5, 5.41) is -0.0901. The van der Waals surface area contributed by atoms with Gasteiger partial charge in [-0.25, -0.2) is 0 Å². The van der Waals surface area contributed by atoms with Gasteiger partial charge >= 0.3 is 5.97 Å². The van der Waals surface area contributed by atoms with Crippen molar-refractivity contribution in [3.63, 3.8) is 0 Å². The summed E-state index contributed by atoms with van der Waals surface area (Å²) in [6.07, 6.45) is 0.488. The number of alkyl halides is 1. The Morgan fingerprint density at radius 3 is 3.00 bits per heavy atom. The topological polar surface area (TPSA) is 35.5 Å². The first-order valence-corrected chi connectivity index (χ1v) is 4.03. The van der Waals surface area contributed by atoms with Gasteiger partial charge in [-0.2, -0.15) is 0 Å². The van der Waals surface area contributed by atoms with Gasteiger partial charge in [-0.1, -0.05) is 0 Å². The van der Waals surface area contributed by atoms with Crippen molar-refractivity contribution in [2.45, 2.75) is 24.8 Å². The van der Waals surface area contributed by atoms with E-state index in [4.69, 9.17) is 21.1 Å². The number of carbonyl (C=O) groups is 1. The van der Waals surface area contributed by atoms with E-state index in [1.54, 1.807) is 0 Å². The van der Waals surface area contributed by atoms with Crippen molar-refractivity contribution in [2.24, 2.45) is 0 Å². The second-order valence-corrected chi connectivity index (χ2v) is 3.09. The van der Waals surface area contributed by atoms with E-state index in [2.05, 4.69) is 0 Å². The van der Waals surface area contributed by atoms with Gasteiger partial charge in [0.05, 0.1) is 12.0 Å². The lowest BCUT2D eigenvalue weighted by Gasteiger charge is -2.26. The molecule has 1 rings (SSSR count). The number of esters is 1. The number of halogens is 1. The van der Waals surface area contributed by atoms with Crippen molar-refractivity contribution in [2.75, 3.05) is 13.2 Å². The van der Waals surface area contributed by atoms with Crippen molar-refractivity contribution in [3.05, 3.63) is 0 Å². The molecule has 11 heavy (non-hydrogen) atoms. The molecule has 0 radical (unpaired) electrons. The van der Waals surface area contributed by atoms with Gasteiger partial charge < -0.3 is 9.47 Å². The summed E-state index contributed by atoms with van der Waals surface area (Å²) in [6.45, 7) is 2.46. The zero-order valence-electron chi connectivity index (χ0n) is 6.38. The van der Waals surface area contributed by atoms with Crippen LogP contribution in [0.5, 0.6) is 0 Å². The molecular weight excluding hydrogens is 168 g/mol. The van der Waals surface area contributed by atoms with Crippen LogP contribution < -0.4 is 0 Å². The molecule has 4 heteroatoms. The van der Waals surface area contributed by atoms with Gasteiger partial charge in [0.2, 0.25) is 0 Å². The fourth-order valence-electron chi connectivity index (χ4n) is 1.01. The molecule has 3 nitrogen and oxygen atoms in total. The fraction of sp³-hybridized carbons (Fsp3) is 0.857. The molecule has 1 aliphatic rings. The minimum Gasteiger partial charge on any atom is -0.459 e. The lowest BCUT2D eigenvalue weighted by molar-refractivity contribution is -0.152. The van der Waals surface area contributed by atoms with Gasteiger partial charge in [-0.3, -0.25) is 4.79 Å². The highest BCUT2D eigenvalue weighted by Crippen LogP contribution is 2.16. The highest BCUT2D eigenvalue weighted by atomic mass is 35.5. The largest absolute Gasteiger partial charge is 0.459 e. The lowest BCUT2D eigenvalue weighted by Crippen LogP contribution is -2.36. The van der Waals surface area contributed by atoms with E-state index < -0.39 is 0 Å². The molecular formula is C7H11ClO3. The first-order valence-electron chi connectivity index (χ1n) is 3.59. The third-order valence-electron chi connectivity index (χ3n) is 1.54. The van der Waals surface area contributed by atoms with Crippen LogP contribution >= 0.6 is 11.6 Å². The molecule has 0 aliphatic carbocycles. The molecule has 0 spiro atoms. The molecule has 1 aliphatic heterocycles. The Morgan fingerprint density at radius 1 is 1.73 bits per heavy atom. The third-order valence-corrected chi connectivity index (χ3v) is 2.04. The summed E-state index contributed by atoms with van der Waals surface area (Å²) < 4.78 is 10.00. The maximum absolute atomic E-state index is 10.5. The molecule has 2 atom stereocenters. The monoisotopic (exact) mass is 178 g/mol. The van der Waals surface area contributed by atoms with Crippen molar-refractivity contribution in [1.29, 1.82) is 0 Å². The summed E-state index contributed by atoms with van der Waals surface area (Å²) in [7, 11) is 0. The predicted octanol–water partition coefficient (Wildman–Crippen LogP) is 0.946. The number of hydrogen-bond donors (Lipinski definition) is 0. The predicted molar refractivity (Wildman–Crippen MR) is 40.6 cm³/mol. The minimum atomic E-state index is -0.300. The maximum atomic E-state index is 10.5. The maximum Gasteiger partial charge on any atom is 0.303 e. The van der Waals surface area contributed by atoms with Crippen LogP contribution in [-0.2, 0) is 14.3 Å². The zero-order chi connectivity index (χ0) is 8.27. The first kappa shape index (κ1) is 8.81. The molecule has 0 aromatic rings. The van der Waals surface area contributed by atoms with E-state index in [0.717, 1.165) is 6.42 Å². The van der Waals surface area contributed by atoms with Crippen molar-refractivity contribution in [3.8, 4) is 0 Å². The summed E-state index contributed by atoms with van der Waals surface area (Å²) in [5.74, 6) is -0.300. The molecule has 0 bridgehead atoms. The molecule has 1 saturated heterocycles. The van der Waals surface area contributed by atoms with Crippen LogP contribution in [0.3, 0.4) is 0 Å². The van der Waals surface area contributed by atoms with Crippen LogP contribution in [0.4, 0.5) is 0 Å². The number of rotatable bonds is 1. The van der Waals surface area contributed by atoms with Crippen LogP contribution in [-0.4, -0.2) is 30.7 Å². The Labute approximate surface area is 70.6 Å².